The topological polar surface area (TPSA) is 221 Å². The summed E-state index contributed by atoms with van der Waals surface area (Å²) in [7, 11) is 0. The summed E-state index contributed by atoms with van der Waals surface area (Å²) in [5.74, 6) is -1.33. The van der Waals surface area contributed by atoms with Gasteiger partial charge in [-0.05, 0) is 38.3 Å². The highest BCUT2D eigenvalue weighted by Gasteiger charge is 2.58. The molecule has 0 spiro atoms. The van der Waals surface area contributed by atoms with Crippen molar-refractivity contribution in [3.63, 3.8) is 0 Å². The van der Waals surface area contributed by atoms with E-state index in [9.17, 15) is 29.9 Å². The number of aromatic nitrogens is 3. The average Bonchev–Trinajstić information content (AvgIpc) is 3.41. The van der Waals surface area contributed by atoms with Gasteiger partial charge in [0.1, 0.15) is 48.9 Å². The van der Waals surface area contributed by atoms with Crippen LogP contribution in [0.15, 0.2) is 18.5 Å². The first-order chi connectivity index (χ1) is 18.5. The maximum atomic E-state index is 12.3. The number of nitrogens with two attached hydrogens (primary N) is 1. The number of ether oxygens (including phenoxy) is 4. The summed E-state index contributed by atoms with van der Waals surface area (Å²) in [5, 5.41) is 38.1. The number of nitriles is 1. The van der Waals surface area contributed by atoms with E-state index in [1.54, 1.807) is 41.5 Å². The third-order valence-corrected chi connectivity index (χ3v) is 6.25. The maximum Gasteiger partial charge on any atom is 0.415 e. The summed E-state index contributed by atoms with van der Waals surface area (Å²) in [4.78, 5) is 40.4. The van der Waals surface area contributed by atoms with E-state index in [2.05, 4.69) is 15.4 Å². The number of carbonyl (C=O) groups excluding carboxylic acids is 3. The molecule has 3 rings (SSSR count). The van der Waals surface area contributed by atoms with Gasteiger partial charge in [-0.3, -0.25) is 14.9 Å². The zero-order valence-corrected chi connectivity index (χ0v) is 23.1. The minimum absolute atomic E-state index is 0.00898. The maximum absolute atomic E-state index is 12.3. The standard InChI is InChI=1S/C25H34N6O9/c1-23(2,3)17(27)20(34)37-9-14-16(32)18(33)25(10-26,40-14)15-8-7-13-19(28-11-29-31(13)15)30-22(36)39-12-38-21(35)24(4,5)6/h7-8,11,14,16-18,32-33H,9,12,27H2,1-6H3,(H,28,29,30,36)/t14-,16-,17-,18-,25+/m1/s1. The Bertz CT molecular complexity index is 1310. The number of aliphatic hydroxyl groups is 2. The van der Waals surface area contributed by atoms with E-state index in [1.165, 1.54) is 16.6 Å². The van der Waals surface area contributed by atoms with Crippen molar-refractivity contribution in [1.29, 1.82) is 5.26 Å². The van der Waals surface area contributed by atoms with Gasteiger partial charge in [-0.25, -0.2) is 14.3 Å². The molecule has 1 amide bonds. The van der Waals surface area contributed by atoms with Crippen molar-refractivity contribution in [2.45, 2.75) is 71.5 Å². The molecule has 3 heterocycles. The highest BCUT2D eigenvalue weighted by molar-refractivity contribution is 5.88. The van der Waals surface area contributed by atoms with Crippen LogP contribution < -0.4 is 11.1 Å². The van der Waals surface area contributed by atoms with Crippen molar-refractivity contribution in [2.75, 3.05) is 18.7 Å². The van der Waals surface area contributed by atoms with Gasteiger partial charge in [-0.1, -0.05) is 20.8 Å². The van der Waals surface area contributed by atoms with Gasteiger partial charge >= 0.3 is 18.0 Å². The number of fused-ring (bicyclic) bond motifs is 1. The van der Waals surface area contributed by atoms with Gasteiger partial charge in [0.25, 0.3) is 0 Å². The third kappa shape index (κ3) is 6.15. The normalized spacial score (nSPS) is 23.8. The molecule has 0 saturated carbocycles. The monoisotopic (exact) mass is 562 g/mol. The Labute approximate surface area is 230 Å². The van der Waals surface area contributed by atoms with Crippen LogP contribution in [0.1, 0.15) is 47.2 Å². The number of anilines is 1. The minimum atomic E-state index is -2.12. The van der Waals surface area contributed by atoms with E-state index in [0.717, 1.165) is 6.33 Å². The van der Waals surface area contributed by atoms with Crippen molar-refractivity contribution < 1.29 is 43.5 Å². The van der Waals surface area contributed by atoms with Crippen LogP contribution in [-0.2, 0) is 34.1 Å². The third-order valence-electron chi connectivity index (χ3n) is 6.25. The summed E-state index contributed by atoms with van der Waals surface area (Å²) in [6.07, 6.45) is -4.54. The van der Waals surface area contributed by atoms with E-state index in [4.69, 9.17) is 24.7 Å². The molecule has 1 saturated heterocycles. The number of hydrogen-bond acceptors (Lipinski definition) is 13. The molecule has 15 nitrogen and oxygen atoms in total. The van der Waals surface area contributed by atoms with Gasteiger partial charge in [0.2, 0.25) is 12.4 Å². The van der Waals surface area contributed by atoms with E-state index in [1.807, 2.05) is 6.07 Å². The second kappa shape index (κ2) is 11.3. The second-order valence-electron chi connectivity index (χ2n) is 11.4. The smallest absolute Gasteiger partial charge is 0.415 e. The van der Waals surface area contributed by atoms with Crippen LogP contribution in [0.25, 0.3) is 5.52 Å². The lowest BCUT2D eigenvalue weighted by atomic mass is 9.87. The lowest BCUT2D eigenvalue weighted by Gasteiger charge is -2.26. The van der Waals surface area contributed by atoms with Crippen LogP contribution in [0.3, 0.4) is 0 Å². The molecule has 0 bridgehead atoms. The Morgan fingerprint density at radius 3 is 2.48 bits per heavy atom. The molecule has 2 aromatic heterocycles. The van der Waals surface area contributed by atoms with E-state index in [-0.39, 0.29) is 17.0 Å². The highest BCUT2D eigenvalue weighted by atomic mass is 16.7. The minimum Gasteiger partial charge on any atom is -0.462 e. The van der Waals surface area contributed by atoms with E-state index in [0.29, 0.717) is 0 Å². The fraction of sp³-hybridized carbons (Fsp3) is 0.600. The van der Waals surface area contributed by atoms with Crippen molar-refractivity contribution in [3.05, 3.63) is 24.2 Å². The number of hydrogen-bond donors (Lipinski definition) is 4. The van der Waals surface area contributed by atoms with Crippen LogP contribution in [0.4, 0.5) is 10.6 Å². The summed E-state index contributed by atoms with van der Waals surface area (Å²) in [6.45, 7) is 9.11. The fourth-order valence-electron chi connectivity index (χ4n) is 3.72. The molecule has 0 aliphatic carbocycles. The molecular formula is C25H34N6O9. The zero-order chi connectivity index (χ0) is 30.0. The predicted molar refractivity (Wildman–Crippen MR) is 136 cm³/mol. The summed E-state index contributed by atoms with van der Waals surface area (Å²) >= 11 is 0. The number of aliphatic hydroxyl groups excluding tert-OH is 2. The predicted octanol–water partition coefficient (Wildman–Crippen LogP) is 0.581. The molecule has 5 atom stereocenters. The first-order valence-corrected chi connectivity index (χ1v) is 12.3. The molecule has 1 fully saturated rings. The lowest BCUT2D eigenvalue weighted by molar-refractivity contribution is -0.161. The molecule has 2 aromatic rings. The molecule has 1 aliphatic rings. The van der Waals surface area contributed by atoms with Crippen molar-refractivity contribution >= 4 is 29.4 Å². The van der Waals surface area contributed by atoms with Gasteiger partial charge in [0.15, 0.2) is 5.82 Å². The Morgan fingerprint density at radius 2 is 1.88 bits per heavy atom. The molecule has 15 heteroatoms. The van der Waals surface area contributed by atoms with Crippen molar-refractivity contribution in [3.8, 4) is 6.07 Å². The van der Waals surface area contributed by atoms with Gasteiger partial charge in [-0.2, -0.15) is 10.4 Å². The Morgan fingerprint density at radius 1 is 1.20 bits per heavy atom. The number of amides is 1. The quantitative estimate of drug-likeness (QED) is 0.268. The number of nitrogens with one attached hydrogen (secondary N) is 1. The molecule has 40 heavy (non-hydrogen) atoms. The van der Waals surface area contributed by atoms with Gasteiger partial charge in [0.05, 0.1) is 11.1 Å². The first-order valence-electron chi connectivity index (χ1n) is 12.3. The molecular weight excluding hydrogens is 528 g/mol. The Balaban J connectivity index is 1.77. The molecule has 5 N–H and O–H groups in total. The second-order valence-corrected chi connectivity index (χ2v) is 11.4. The molecule has 218 valence electrons. The van der Waals surface area contributed by atoms with Crippen molar-refractivity contribution in [1.82, 2.24) is 14.6 Å². The first kappa shape index (κ1) is 30.7. The van der Waals surface area contributed by atoms with Gasteiger partial charge < -0.3 is 34.9 Å². The highest BCUT2D eigenvalue weighted by Crippen LogP contribution is 2.40. The average molecular weight is 563 g/mol. The Kier molecular flexibility index (Phi) is 8.70. The number of rotatable bonds is 7. The van der Waals surface area contributed by atoms with Crippen molar-refractivity contribution in [2.24, 2.45) is 16.6 Å². The van der Waals surface area contributed by atoms with E-state index < -0.39 is 72.2 Å². The van der Waals surface area contributed by atoms with E-state index >= 15 is 0 Å². The number of esters is 2. The van der Waals surface area contributed by atoms with Crippen LogP contribution in [0.5, 0.6) is 0 Å². The van der Waals surface area contributed by atoms with Crippen LogP contribution in [-0.4, -0.2) is 80.6 Å². The number of nitrogens with zero attached hydrogens (tertiary/aromatic N) is 4. The van der Waals surface area contributed by atoms with Gasteiger partial charge in [-0.15, -0.1) is 0 Å². The molecule has 1 aliphatic heterocycles. The van der Waals surface area contributed by atoms with Gasteiger partial charge in [0, 0.05) is 0 Å². The largest absolute Gasteiger partial charge is 0.462 e. The van der Waals surface area contributed by atoms with Crippen LogP contribution in [0, 0.1) is 22.2 Å². The zero-order valence-electron chi connectivity index (χ0n) is 23.1. The lowest BCUT2D eigenvalue weighted by Crippen LogP contribution is -2.44. The number of carbonyl (C=O) groups is 3. The molecule has 0 aromatic carbocycles. The molecule has 0 radical (unpaired) electrons. The SMILES string of the molecule is CC(C)(C)C(=O)OCOC(=O)Nc1ncnn2c([C@]3(C#N)O[C@H](COC(=O)[C@@H](N)C(C)(C)C)[C@@H](O)[C@H]3O)ccc12. The summed E-state index contributed by atoms with van der Waals surface area (Å²) < 4.78 is 22.0. The Hall–Kier alpha value is -3.84. The fourth-order valence-corrected chi connectivity index (χ4v) is 3.72. The van der Waals surface area contributed by atoms with Crippen LogP contribution in [0.2, 0.25) is 0 Å². The summed E-state index contributed by atoms with van der Waals surface area (Å²) in [6, 6.07) is 3.78. The molecule has 0 unspecified atom stereocenters. The van der Waals surface area contributed by atoms with Crippen LogP contribution >= 0.6 is 0 Å². The summed E-state index contributed by atoms with van der Waals surface area (Å²) in [5.41, 5.74) is 2.62.